The van der Waals surface area contributed by atoms with Gasteiger partial charge in [-0.05, 0) is 64.8 Å². The lowest BCUT2D eigenvalue weighted by molar-refractivity contribution is -0.375. The van der Waals surface area contributed by atoms with E-state index in [1.807, 2.05) is 5.06 Å². The fraction of sp³-hybridized carbons (Fsp3) is 1.00. The number of rotatable bonds is 10. The van der Waals surface area contributed by atoms with Crippen LogP contribution in [0.25, 0.3) is 0 Å². The van der Waals surface area contributed by atoms with Crippen LogP contribution < -0.4 is 5.32 Å². The number of methoxy groups -OCH3 is 1. The van der Waals surface area contributed by atoms with E-state index in [9.17, 15) is 10.2 Å². The van der Waals surface area contributed by atoms with E-state index in [4.69, 9.17) is 9.57 Å². The minimum Gasteiger partial charge on any atom is -0.378 e. The van der Waals surface area contributed by atoms with Crippen molar-refractivity contribution in [2.75, 3.05) is 26.7 Å². The molecule has 0 amide bonds. The van der Waals surface area contributed by atoms with Crippen molar-refractivity contribution in [3.8, 4) is 0 Å². The monoisotopic (exact) mass is 401 g/mol. The van der Waals surface area contributed by atoms with Crippen LogP contribution in [-0.2, 0) is 9.57 Å². The first-order valence-corrected chi connectivity index (χ1v) is 11.3. The number of aliphatic hydroxyl groups is 2. The van der Waals surface area contributed by atoms with Crippen LogP contribution in [0, 0.1) is 5.92 Å². The molecule has 2 fully saturated rings. The summed E-state index contributed by atoms with van der Waals surface area (Å²) >= 11 is 0. The molecule has 5 unspecified atom stereocenters. The third-order valence-corrected chi connectivity index (χ3v) is 6.44. The van der Waals surface area contributed by atoms with Crippen molar-refractivity contribution in [2.45, 2.75) is 103 Å². The van der Waals surface area contributed by atoms with Gasteiger partial charge in [-0.1, -0.05) is 19.8 Å². The molecule has 2 aliphatic heterocycles. The van der Waals surface area contributed by atoms with Crippen LogP contribution in [0.3, 0.4) is 0 Å². The van der Waals surface area contributed by atoms with Gasteiger partial charge < -0.3 is 20.3 Å². The molecule has 7 heteroatoms. The summed E-state index contributed by atoms with van der Waals surface area (Å²) in [5.41, 5.74) is 0. The number of hydrogen-bond acceptors (Lipinski definition) is 7. The van der Waals surface area contributed by atoms with E-state index in [-0.39, 0.29) is 18.3 Å². The summed E-state index contributed by atoms with van der Waals surface area (Å²) < 4.78 is 4.81. The van der Waals surface area contributed by atoms with Crippen LogP contribution in [0.15, 0.2) is 0 Å². The highest BCUT2D eigenvalue weighted by Gasteiger charge is 2.33. The molecule has 0 aromatic heterocycles. The lowest BCUT2D eigenvalue weighted by atomic mass is 9.94. The van der Waals surface area contributed by atoms with E-state index in [0.29, 0.717) is 12.0 Å². The fourth-order valence-corrected chi connectivity index (χ4v) is 4.78. The van der Waals surface area contributed by atoms with Gasteiger partial charge in [-0.3, -0.25) is 4.90 Å². The summed E-state index contributed by atoms with van der Waals surface area (Å²) in [6, 6.07) is 0.837. The van der Waals surface area contributed by atoms with Crippen LogP contribution >= 0.6 is 0 Å². The van der Waals surface area contributed by atoms with Crippen LogP contribution in [0.4, 0.5) is 0 Å². The van der Waals surface area contributed by atoms with Crippen LogP contribution in [-0.4, -0.2) is 77.7 Å². The zero-order valence-electron chi connectivity index (χ0n) is 18.3. The van der Waals surface area contributed by atoms with Crippen molar-refractivity contribution < 1.29 is 19.8 Å². The Hall–Kier alpha value is -0.280. The van der Waals surface area contributed by atoms with E-state index in [1.54, 1.807) is 0 Å². The maximum atomic E-state index is 10.9. The third kappa shape index (κ3) is 7.20. The average molecular weight is 402 g/mol. The molecule has 0 saturated carbocycles. The van der Waals surface area contributed by atoms with Gasteiger partial charge in [0.2, 0.25) is 0 Å². The normalized spacial score (nSPS) is 31.3. The van der Waals surface area contributed by atoms with Crippen molar-refractivity contribution in [2.24, 2.45) is 5.92 Å². The predicted octanol–water partition coefficient (Wildman–Crippen LogP) is 2.28. The molecule has 0 aromatic carbocycles. The number of likely N-dealkylation sites (tertiary alicyclic amines) is 1. The minimum absolute atomic E-state index is 0.204. The Morgan fingerprint density at radius 2 is 1.64 bits per heavy atom. The molecule has 0 bridgehead atoms. The van der Waals surface area contributed by atoms with Gasteiger partial charge in [-0.15, -0.1) is 0 Å². The maximum Gasteiger partial charge on any atom is 0.285 e. The molecule has 0 radical (unpaired) electrons. The van der Waals surface area contributed by atoms with E-state index in [1.165, 1.54) is 32.8 Å². The van der Waals surface area contributed by atoms with Gasteiger partial charge in [0.1, 0.15) is 6.23 Å². The summed E-state index contributed by atoms with van der Waals surface area (Å²) in [6.07, 6.45) is 8.62. The summed E-state index contributed by atoms with van der Waals surface area (Å²) in [5.74, 6) is 0.320. The van der Waals surface area contributed by atoms with Gasteiger partial charge in [0.25, 0.3) is 6.48 Å². The van der Waals surface area contributed by atoms with Crippen molar-refractivity contribution in [1.82, 2.24) is 15.3 Å². The number of aliphatic hydroxyl groups excluding tert-OH is 2. The Bertz CT molecular complexity index is 408. The van der Waals surface area contributed by atoms with Gasteiger partial charge in [0.05, 0.1) is 0 Å². The second-order valence-electron chi connectivity index (χ2n) is 8.65. The van der Waals surface area contributed by atoms with Crippen LogP contribution in [0.5, 0.6) is 0 Å². The minimum atomic E-state index is -1.21. The first kappa shape index (κ1) is 24.0. The van der Waals surface area contributed by atoms with Crippen molar-refractivity contribution in [1.29, 1.82) is 0 Å². The van der Waals surface area contributed by atoms with E-state index >= 15 is 0 Å². The first-order valence-electron chi connectivity index (χ1n) is 11.3. The van der Waals surface area contributed by atoms with Gasteiger partial charge >= 0.3 is 0 Å². The summed E-state index contributed by atoms with van der Waals surface area (Å²) in [4.78, 5) is 7.78. The molecule has 2 saturated heterocycles. The van der Waals surface area contributed by atoms with Gasteiger partial charge in [-0.2, -0.15) is 5.06 Å². The molecule has 7 nitrogen and oxygen atoms in total. The SMILES string of the molecule is CCC(CCNC1CC(C)N(OC(O)OC)[C@H](C)C1)C(O)N1CCCCCC1. The Balaban J connectivity index is 1.75. The molecule has 0 spiro atoms. The number of hydroxylamine groups is 2. The second kappa shape index (κ2) is 12.4. The molecule has 0 aliphatic carbocycles. The highest BCUT2D eigenvalue weighted by atomic mass is 16.9. The lowest BCUT2D eigenvalue weighted by Crippen LogP contribution is -2.53. The molecule has 28 heavy (non-hydrogen) atoms. The molecule has 0 aromatic rings. The highest BCUT2D eigenvalue weighted by Crippen LogP contribution is 2.25. The predicted molar refractivity (Wildman–Crippen MR) is 110 cm³/mol. The third-order valence-electron chi connectivity index (χ3n) is 6.44. The molecule has 6 atom stereocenters. The first-order chi connectivity index (χ1) is 13.5. The number of hydrogen-bond donors (Lipinski definition) is 3. The Kier molecular flexibility index (Phi) is 10.6. The fourth-order valence-electron chi connectivity index (χ4n) is 4.78. The molecule has 3 N–H and O–H groups in total. The standard InChI is InChI=1S/C21H43N3O4/c1-5-18(20(25)23-12-8-6-7-9-13-23)10-11-22-19-14-16(2)24(17(3)15-19)28-21(26)27-4/h16-22,25-26H,5-15H2,1-4H3/t16-,17?,18?,19?,20?,21?/m1/s1. The Labute approximate surface area is 171 Å². The highest BCUT2D eigenvalue weighted by molar-refractivity contribution is 4.85. The molecule has 2 heterocycles. The van der Waals surface area contributed by atoms with Crippen molar-refractivity contribution >= 4 is 0 Å². The molecular formula is C21H43N3O4. The summed E-state index contributed by atoms with van der Waals surface area (Å²) in [7, 11) is 1.43. The second-order valence-corrected chi connectivity index (χ2v) is 8.65. The maximum absolute atomic E-state index is 10.9. The summed E-state index contributed by atoms with van der Waals surface area (Å²) in [6.45, 7) is 8.20. The summed E-state index contributed by atoms with van der Waals surface area (Å²) in [5, 5.41) is 26.0. The topological polar surface area (TPSA) is 77.4 Å². The Morgan fingerprint density at radius 3 is 2.18 bits per heavy atom. The molecule has 166 valence electrons. The Morgan fingerprint density at radius 1 is 1.04 bits per heavy atom. The zero-order valence-corrected chi connectivity index (χ0v) is 18.3. The van der Waals surface area contributed by atoms with Gasteiger partial charge in [-0.25, -0.2) is 4.84 Å². The van der Waals surface area contributed by atoms with Crippen LogP contribution in [0.1, 0.15) is 72.1 Å². The largest absolute Gasteiger partial charge is 0.378 e. The van der Waals surface area contributed by atoms with Crippen molar-refractivity contribution in [3.63, 3.8) is 0 Å². The van der Waals surface area contributed by atoms with Crippen LogP contribution in [0.2, 0.25) is 0 Å². The van der Waals surface area contributed by atoms with Crippen molar-refractivity contribution in [3.05, 3.63) is 0 Å². The number of ether oxygens (including phenoxy) is 1. The zero-order chi connectivity index (χ0) is 20.5. The smallest absolute Gasteiger partial charge is 0.285 e. The quantitative estimate of drug-likeness (QED) is 0.485. The average Bonchev–Trinajstić information content (AvgIpc) is 2.97. The van der Waals surface area contributed by atoms with E-state index in [2.05, 4.69) is 31.0 Å². The molecular weight excluding hydrogens is 358 g/mol. The van der Waals surface area contributed by atoms with Gasteiger partial charge in [0.15, 0.2) is 0 Å². The van der Waals surface area contributed by atoms with E-state index < -0.39 is 6.48 Å². The number of nitrogens with one attached hydrogen (secondary N) is 1. The number of nitrogens with zero attached hydrogens (tertiary/aromatic N) is 2. The van der Waals surface area contributed by atoms with Gasteiger partial charge in [0, 0.05) is 38.3 Å². The molecule has 2 rings (SSSR count). The lowest BCUT2D eigenvalue weighted by Gasteiger charge is -2.42. The number of piperidine rings is 1. The molecule has 2 aliphatic rings. The van der Waals surface area contributed by atoms with E-state index in [0.717, 1.165) is 45.3 Å².